The van der Waals surface area contributed by atoms with Crippen LogP contribution in [0.4, 0.5) is 0 Å². The summed E-state index contributed by atoms with van der Waals surface area (Å²) in [6.45, 7) is 0. The zero-order valence-electron chi connectivity index (χ0n) is 10.4. The van der Waals surface area contributed by atoms with Crippen molar-refractivity contribution in [3.8, 4) is 6.07 Å². The molecule has 2 aromatic rings. The lowest BCUT2D eigenvalue weighted by Crippen LogP contribution is -2.03. The summed E-state index contributed by atoms with van der Waals surface area (Å²) in [6.07, 6.45) is 0. The van der Waals surface area contributed by atoms with Gasteiger partial charge in [-0.05, 0) is 12.1 Å². The van der Waals surface area contributed by atoms with Crippen LogP contribution in [0.3, 0.4) is 0 Å². The fourth-order valence-corrected chi connectivity index (χ4v) is 2.24. The molecule has 0 saturated carbocycles. The van der Waals surface area contributed by atoms with E-state index in [1.54, 1.807) is 48.5 Å². The van der Waals surface area contributed by atoms with Crippen molar-refractivity contribution in [1.82, 2.24) is 0 Å². The van der Waals surface area contributed by atoms with E-state index in [-0.39, 0.29) is 10.6 Å². The second kappa shape index (κ2) is 6.21. The molecular formula is C14H12N2O3S. The van der Waals surface area contributed by atoms with Crippen molar-refractivity contribution in [3.05, 3.63) is 66.2 Å². The van der Waals surface area contributed by atoms with Crippen LogP contribution in [-0.2, 0) is 4.28 Å². The number of hydrogen-bond donors (Lipinski definition) is 2. The lowest BCUT2D eigenvalue weighted by molar-refractivity contribution is 0.276. The summed E-state index contributed by atoms with van der Waals surface area (Å²) in [4.78, 5) is 0.203. The van der Waals surface area contributed by atoms with Gasteiger partial charge < -0.3 is 0 Å². The van der Waals surface area contributed by atoms with Crippen LogP contribution in [0.5, 0.6) is 0 Å². The van der Waals surface area contributed by atoms with Gasteiger partial charge in [0.2, 0.25) is 0 Å². The maximum Gasteiger partial charge on any atom is 0.188 e. The first-order chi connectivity index (χ1) is 9.63. The van der Waals surface area contributed by atoms with Crippen LogP contribution in [0, 0.1) is 11.3 Å². The van der Waals surface area contributed by atoms with Crippen molar-refractivity contribution >= 4 is 16.6 Å². The third-order valence-corrected chi connectivity index (χ3v) is 3.60. The van der Waals surface area contributed by atoms with Crippen LogP contribution in [0.1, 0.15) is 5.56 Å². The molecule has 0 aliphatic heterocycles. The minimum Gasteiger partial charge on any atom is -0.294 e. The van der Waals surface area contributed by atoms with Gasteiger partial charge in [-0.3, -0.25) is 13.4 Å². The summed E-state index contributed by atoms with van der Waals surface area (Å²) in [7, 11) is -3.51. The van der Waals surface area contributed by atoms with Crippen molar-refractivity contribution in [2.24, 2.45) is 5.16 Å². The van der Waals surface area contributed by atoms with Gasteiger partial charge in [-0.2, -0.15) is 5.26 Å². The van der Waals surface area contributed by atoms with Crippen LogP contribution in [-0.4, -0.2) is 14.8 Å². The third-order valence-electron chi connectivity index (χ3n) is 2.44. The minimum absolute atomic E-state index is 0.0264. The largest absolute Gasteiger partial charge is 0.294 e. The molecule has 0 radical (unpaired) electrons. The third kappa shape index (κ3) is 3.36. The van der Waals surface area contributed by atoms with Crippen molar-refractivity contribution in [2.75, 3.05) is 0 Å². The number of nitriles is 1. The van der Waals surface area contributed by atoms with E-state index in [0.717, 1.165) is 0 Å². The summed E-state index contributed by atoms with van der Waals surface area (Å²) in [5, 5.41) is 12.6. The highest BCUT2D eigenvalue weighted by atomic mass is 32.3. The Morgan fingerprint density at radius 3 is 2.10 bits per heavy atom. The number of oxime groups is 1. The van der Waals surface area contributed by atoms with Crippen LogP contribution in [0.15, 0.2) is 70.7 Å². The molecule has 0 aliphatic rings. The molecule has 2 N–H and O–H groups in total. The Morgan fingerprint density at radius 1 is 1.00 bits per heavy atom. The molecule has 0 bridgehead atoms. The van der Waals surface area contributed by atoms with Crippen LogP contribution < -0.4 is 0 Å². The van der Waals surface area contributed by atoms with Gasteiger partial charge >= 0.3 is 0 Å². The van der Waals surface area contributed by atoms with E-state index in [2.05, 4.69) is 5.16 Å². The standard InChI is InChI=1S/C14H12N2O3S/c15-11-14(12-7-3-1-4-8-12)16-19-20(17,18)13-9-5-2-6-10-13/h1-10,17-18H. The van der Waals surface area contributed by atoms with E-state index in [1.807, 2.05) is 6.07 Å². The molecule has 0 amide bonds. The molecule has 5 nitrogen and oxygen atoms in total. The number of benzene rings is 2. The Hall–Kier alpha value is -2.33. The van der Waals surface area contributed by atoms with Crippen molar-refractivity contribution < 1.29 is 13.4 Å². The maximum atomic E-state index is 9.88. The van der Waals surface area contributed by atoms with Gasteiger partial charge in [0, 0.05) is 5.56 Å². The highest BCUT2D eigenvalue weighted by molar-refractivity contribution is 8.20. The molecule has 2 aromatic carbocycles. The second-order valence-corrected chi connectivity index (χ2v) is 5.42. The van der Waals surface area contributed by atoms with Gasteiger partial charge in [-0.1, -0.05) is 53.7 Å². The average molecular weight is 288 g/mol. The van der Waals surface area contributed by atoms with E-state index < -0.39 is 10.9 Å². The monoisotopic (exact) mass is 288 g/mol. The molecule has 0 unspecified atom stereocenters. The van der Waals surface area contributed by atoms with Crippen molar-refractivity contribution in [2.45, 2.75) is 4.90 Å². The Morgan fingerprint density at radius 2 is 1.55 bits per heavy atom. The smallest absolute Gasteiger partial charge is 0.188 e. The minimum atomic E-state index is -3.51. The van der Waals surface area contributed by atoms with Crippen molar-refractivity contribution in [3.63, 3.8) is 0 Å². The van der Waals surface area contributed by atoms with Gasteiger partial charge in [-0.25, -0.2) is 0 Å². The first-order valence-electron chi connectivity index (χ1n) is 5.69. The Kier molecular flexibility index (Phi) is 4.38. The van der Waals surface area contributed by atoms with Gasteiger partial charge in [0.25, 0.3) is 0 Å². The van der Waals surface area contributed by atoms with Gasteiger partial charge in [0.05, 0.1) is 4.90 Å². The number of hydrogen-bond acceptors (Lipinski definition) is 5. The summed E-state index contributed by atoms with van der Waals surface area (Å²) in [5.41, 5.74) is 0.514. The van der Waals surface area contributed by atoms with Crippen LogP contribution >= 0.6 is 10.9 Å². The zero-order valence-corrected chi connectivity index (χ0v) is 11.2. The Labute approximate surface area is 118 Å². The van der Waals surface area contributed by atoms with Crippen LogP contribution in [0.25, 0.3) is 0 Å². The molecule has 0 saturated heterocycles. The quantitative estimate of drug-likeness (QED) is 0.664. The first kappa shape index (κ1) is 14.1. The topological polar surface area (TPSA) is 85.8 Å². The van der Waals surface area contributed by atoms with E-state index in [4.69, 9.17) is 9.55 Å². The molecule has 0 aliphatic carbocycles. The van der Waals surface area contributed by atoms with Crippen LogP contribution in [0.2, 0.25) is 0 Å². The molecule has 0 aromatic heterocycles. The predicted octanol–water partition coefficient (Wildman–Crippen LogP) is 3.66. The SMILES string of the molecule is N#CC(=NOS(O)(O)c1ccccc1)c1ccccc1. The van der Waals surface area contributed by atoms with E-state index in [0.29, 0.717) is 5.56 Å². The van der Waals surface area contributed by atoms with E-state index >= 15 is 0 Å². The van der Waals surface area contributed by atoms with Crippen molar-refractivity contribution in [1.29, 1.82) is 5.26 Å². The number of nitrogens with zero attached hydrogens (tertiary/aromatic N) is 2. The summed E-state index contributed by atoms with van der Waals surface area (Å²) < 4.78 is 24.5. The fraction of sp³-hybridized carbons (Fsp3) is 0. The van der Waals surface area contributed by atoms with Gasteiger partial charge in [0.1, 0.15) is 6.07 Å². The molecular weight excluding hydrogens is 276 g/mol. The Bertz CT molecular complexity index is 636. The van der Waals surface area contributed by atoms with E-state index in [9.17, 15) is 9.11 Å². The highest BCUT2D eigenvalue weighted by Gasteiger charge is 2.22. The zero-order chi connectivity index (χ0) is 14.4. The molecule has 6 heteroatoms. The molecule has 20 heavy (non-hydrogen) atoms. The molecule has 2 rings (SSSR count). The van der Waals surface area contributed by atoms with Gasteiger partial charge in [-0.15, -0.1) is 0 Å². The molecule has 0 heterocycles. The second-order valence-electron chi connectivity index (χ2n) is 3.80. The van der Waals surface area contributed by atoms with Gasteiger partial charge in [0.15, 0.2) is 16.6 Å². The molecule has 0 atom stereocenters. The van der Waals surface area contributed by atoms with E-state index in [1.165, 1.54) is 12.1 Å². The summed E-state index contributed by atoms with van der Waals surface area (Å²) in [6, 6.07) is 18.6. The average Bonchev–Trinajstić information content (AvgIpc) is 2.50. The first-order valence-corrected chi connectivity index (χ1v) is 7.16. The maximum absolute atomic E-state index is 9.88. The summed E-state index contributed by atoms with van der Waals surface area (Å²) in [5.74, 6) is 0. The number of rotatable bonds is 4. The lowest BCUT2D eigenvalue weighted by Gasteiger charge is -2.22. The molecule has 0 spiro atoms. The molecule has 102 valence electrons. The highest BCUT2D eigenvalue weighted by Crippen LogP contribution is 2.49. The fourth-order valence-electron chi connectivity index (χ4n) is 1.46. The normalized spacial score (nSPS) is 12.6. The predicted molar refractivity (Wildman–Crippen MR) is 77.2 cm³/mol. The lowest BCUT2D eigenvalue weighted by atomic mass is 10.1. The molecule has 0 fully saturated rings. The Balaban J connectivity index is 2.21. The summed E-state index contributed by atoms with van der Waals surface area (Å²) >= 11 is 0.